The molecule has 0 spiro atoms. The van der Waals surface area contributed by atoms with Gasteiger partial charge in [0.1, 0.15) is 6.61 Å². The molecule has 0 atom stereocenters. The minimum atomic E-state index is -2.28. The largest absolute Gasteiger partial charge is 0.369 e. The molecular weight excluding hydrogens is 399 g/mol. The molecule has 0 saturated heterocycles. The molecule has 0 saturated carbocycles. The van der Waals surface area contributed by atoms with Crippen LogP contribution in [0.15, 0.2) is 121 Å². The Labute approximate surface area is 184 Å². The predicted octanol–water partition coefficient (Wildman–Crippen LogP) is 4.57. The second-order valence-electron chi connectivity index (χ2n) is 7.30. The lowest BCUT2D eigenvalue weighted by Crippen LogP contribution is -2.29. The van der Waals surface area contributed by atoms with E-state index in [2.05, 4.69) is 36.4 Å². The Morgan fingerprint density at radius 1 is 0.613 bits per heavy atom. The zero-order valence-corrected chi connectivity index (χ0v) is 18.2. The van der Waals surface area contributed by atoms with Crippen LogP contribution in [0.4, 0.5) is 0 Å². The quantitative estimate of drug-likeness (QED) is 0.388. The van der Waals surface area contributed by atoms with Crippen molar-refractivity contribution in [3.8, 4) is 0 Å². The van der Waals surface area contributed by atoms with Gasteiger partial charge in [-0.25, -0.2) is 0 Å². The van der Waals surface area contributed by atoms with Crippen molar-refractivity contribution in [3.63, 3.8) is 0 Å². The van der Waals surface area contributed by atoms with Gasteiger partial charge >= 0.3 is 0 Å². The molecule has 154 valence electrons. The van der Waals surface area contributed by atoms with E-state index in [0.717, 1.165) is 21.5 Å². The van der Waals surface area contributed by atoms with E-state index in [1.807, 2.05) is 90.7 Å². The highest BCUT2D eigenvalue weighted by molar-refractivity contribution is 7.95. The van der Waals surface area contributed by atoms with E-state index in [-0.39, 0.29) is 12.4 Å². The average Bonchev–Trinajstić information content (AvgIpc) is 2.85. The first-order valence-electron chi connectivity index (χ1n) is 10.3. The molecule has 0 aliphatic rings. The third-order valence-electron chi connectivity index (χ3n) is 5.18. The Morgan fingerprint density at radius 3 is 1.42 bits per heavy atom. The molecule has 4 aromatic rings. The number of rotatable bonds is 8. The van der Waals surface area contributed by atoms with Crippen LogP contribution in [0.2, 0.25) is 0 Å². The van der Waals surface area contributed by atoms with Gasteiger partial charge in [0, 0.05) is 0 Å². The highest BCUT2D eigenvalue weighted by Gasteiger charge is 2.26. The summed E-state index contributed by atoms with van der Waals surface area (Å²) < 4.78 is 5.77. The van der Waals surface area contributed by atoms with Crippen molar-refractivity contribution in [2.45, 2.75) is 6.61 Å². The van der Waals surface area contributed by atoms with Gasteiger partial charge < -0.3 is 4.74 Å². The van der Waals surface area contributed by atoms with Crippen LogP contribution >= 0.6 is 6.89 Å². The number of Topliss-reactive ketones (excluding diaryl/α,β-unsaturated/α-hetero) is 1. The zero-order chi connectivity index (χ0) is 21.4. The fourth-order valence-electron chi connectivity index (χ4n) is 3.76. The maximum atomic E-state index is 13.2. The molecule has 0 aromatic heterocycles. The van der Waals surface area contributed by atoms with E-state index in [4.69, 9.17) is 4.74 Å². The normalized spacial score (nSPS) is 11.1. The van der Waals surface area contributed by atoms with Gasteiger partial charge in [-0.05, 0) is 34.2 Å². The number of carbonyl (C=O) groups excluding carboxylic acids is 1. The Morgan fingerprint density at radius 2 is 1.00 bits per heavy atom. The van der Waals surface area contributed by atoms with Gasteiger partial charge in [0.15, 0.2) is 5.78 Å². The molecule has 0 heterocycles. The van der Waals surface area contributed by atoms with Gasteiger partial charge in [-0.15, -0.1) is 0 Å². The maximum Gasteiger partial charge on any atom is 0.182 e. The van der Waals surface area contributed by atoms with Gasteiger partial charge in [-0.3, -0.25) is 4.79 Å². The minimum Gasteiger partial charge on any atom is -0.369 e. The van der Waals surface area contributed by atoms with Gasteiger partial charge in [0.25, 0.3) is 0 Å². The first-order valence-corrected chi connectivity index (χ1v) is 12.2. The van der Waals surface area contributed by atoms with Crippen molar-refractivity contribution in [1.29, 1.82) is 0 Å². The van der Waals surface area contributed by atoms with E-state index in [1.165, 1.54) is 0 Å². The molecule has 0 bridgehead atoms. The lowest BCUT2D eigenvalue weighted by Gasteiger charge is -2.28. The first kappa shape index (κ1) is 21.1. The van der Waals surface area contributed by atoms with Gasteiger partial charge in [0.2, 0.25) is 0 Å². The predicted molar refractivity (Wildman–Crippen MR) is 132 cm³/mol. The van der Waals surface area contributed by atoms with Crippen LogP contribution in [0.3, 0.4) is 0 Å². The van der Waals surface area contributed by atoms with Crippen molar-refractivity contribution in [2.24, 2.45) is 0 Å². The monoisotopic (exact) mass is 424 g/mol. The lowest BCUT2D eigenvalue weighted by atomic mass is 10.2. The molecule has 3 heteroatoms. The van der Waals surface area contributed by atoms with Crippen LogP contribution in [0, 0.1) is 0 Å². The van der Waals surface area contributed by atoms with Crippen LogP contribution in [0.25, 0.3) is 0 Å². The van der Waals surface area contributed by atoms with Crippen molar-refractivity contribution in [2.75, 3.05) is 6.61 Å². The highest BCUT2D eigenvalue weighted by atomic mass is 31.2. The van der Waals surface area contributed by atoms with Crippen molar-refractivity contribution >= 4 is 34.4 Å². The molecular formula is C28H25O2P. The number of hydrogen-bond donors (Lipinski definition) is 0. The summed E-state index contributed by atoms with van der Waals surface area (Å²) in [7, 11) is 0. The SMILES string of the molecule is O=C(C=P(c1ccccc1)(c1ccccc1)c1ccccc1)COCc1ccccc1. The molecule has 0 amide bonds. The van der Waals surface area contributed by atoms with Crippen LogP contribution < -0.4 is 15.9 Å². The van der Waals surface area contributed by atoms with E-state index < -0.39 is 6.89 Å². The highest BCUT2D eigenvalue weighted by Crippen LogP contribution is 2.43. The van der Waals surface area contributed by atoms with E-state index in [0.29, 0.717) is 6.61 Å². The number of ether oxygens (including phenoxy) is 1. The Bertz CT molecular complexity index is 1050. The van der Waals surface area contributed by atoms with E-state index in [9.17, 15) is 4.79 Å². The van der Waals surface area contributed by atoms with Crippen molar-refractivity contribution < 1.29 is 9.53 Å². The summed E-state index contributed by atoms with van der Waals surface area (Å²) in [6.07, 6.45) is 0. The third-order valence-corrected chi connectivity index (χ3v) is 9.20. The van der Waals surface area contributed by atoms with Crippen molar-refractivity contribution in [3.05, 3.63) is 127 Å². The second kappa shape index (κ2) is 10.2. The smallest absolute Gasteiger partial charge is 0.182 e. The van der Waals surface area contributed by atoms with Crippen LogP contribution in [-0.2, 0) is 16.1 Å². The molecule has 2 nitrogen and oxygen atoms in total. The number of carbonyl (C=O) groups is 1. The summed E-state index contributed by atoms with van der Waals surface area (Å²) in [5.41, 5.74) is 1.06. The summed E-state index contributed by atoms with van der Waals surface area (Å²) in [5.74, 6) is 1.93. The number of hydrogen-bond acceptors (Lipinski definition) is 2. The molecule has 0 unspecified atom stereocenters. The number of ketones is 1. The molecule has 31 heavy (non-hydrogen) atoms. The molecule has 0 fully saturated rings. The summed E-state index contributed by atoms with van der Waals surface area (Å²) in [6, 6.07) is 41.0. The Balaban J connectivity index is 1.77. The summed E-state index contributed by atoms with van der Waals surface area (Å²) >= 11 is 0. The van der Waals surface area contributed by atoms with Crippen LogP contribution in [-0.4, -0.2) is 18.2 Å². The second-order valence-corrected chi connectivity index (χ2v) is 10.6. The lowest BCUT2D eigenvalue weighted by molar-refractivity contribution is -0.117. The average molecular weight is 424 g/mol. The fourth-order valence-corrected chi connectivity index (χ4v) is 7.53. The molecule has 4 aromatic carbocycles. The third kappa shape index (κ3) is 4.94. The Hall–Kier alpha value is -3.19. The van der Waals surface area contributed by atoms with E-state index in [1.54, 1.807) is 0 Å². The summed E-state index contributed by atoms with van der Waals surface area (Å²) in [6.45, 7) is -1.79. The first-order chi connectivity index (χ1) is 15.3. The standard InChI is InChI=1S/C28H25O2P/c29-25(22-30-21-24-13-5-1-6-14-24)23-31(26-15-7-2-8-16-26,27-17-9-3-10-18-27)28-19-11-4-12-20-28/h1-20,23H,21-22H2. The van der Waals surface area contributed by atoms with Crippen LogP contribution in [0.1, 0.15) is 5.56 Å². The molecule has 0 aliphatic heterocycles. The zero-order valence-electron chi connectivity index (χ0n) is 17.3. The van der Waals surface area contributed by atoms with Crippen LogP contribution in [0.5, 0.6) is 0 Å². The minimum absolute atomic E-state index is 0.000763. The van der Waals surface area contributed by atoms with Gasteiger partial charge in [0.05, 0.1) is 6.61 Å². The molecule has 0 aliphatic carbocycles. The van der Waals surface area contributed by atoms with Gasteiger partial charge in [-0.1, -0.05) is 121 Å². The fraction of sp³-hybridized carbons (Fsp3) is 0.0714. The van der Waals surface area contributed by atoms with Gasteiger partial charge in [-0.2, -0.15) is 0 Å². The van der Waals surface area contributed by atoms with E-state index >= 15 is 0 Å². The molecule has 0 radical (unpaired) electrons. The Kier molecular flexibility index (Phi) is 6.94. The number of benzene rings is 4. The summed E-state index contributed by atoms with van der Waals surface area (Å²) in [4.78, 5) is 13.2. The maximum absolute atomic E-state index is 13.2. The molecule has 4 rings (SSSR count). The molecule has 0 N–H and O–H groups in total. The topological polar surface area (TPSA) is 26.3 Å². The van der Waals surface area contributed by atoms with Crippen molar-refractivity contribution in [1.82, 2.24) is 0 Å². The summed E-state index contributed by atoms with van der Waals surface area (Å²) in [5, 5.41) is 3.47.